The molecule has 0 aliphatic rings. The van der Waals surface area contributed by atoms with E-state index in [1.807, 2.05) is 18.2 Å². The summed E-state index contributed by atoms with van der Waals surface area (Å²) in [5.74, 6) is 0.679. The van der Waals surface area contributed by atoms with E-state index in [4.69, 9.17) is 8.83 Å². The van der Waals surface area contributed by atoms with Gasteiger partial charge in [-0.3, -0.25) is 0 Å². The van der Waals surface area contributed by atoms with Gasteiger partial charge in [0.05, 0.1) is 0 Å². The molecule has 43 heavy (non-hydrogen) atoms. The summed E-state index contributed by atoms with van der Waals surface area (Å²) < 4.78 is 15.8. The maximum atomic E-state index is 6.84. The quantitative estimate of drug-likeness (QED) is 0.208. The van der Waals surface area contributed by atoms with Gasteiger partial charge in [-0.1, -0.05) is 60.7 Å². The van der Waals surface area contributed by atoms with Crippen LogP contribution >= 0.6 is 11.3 Å². The Hall–Kier alpha value is -5.52. The van der Waals surface area contributed by atoms with Crippen LogP contribution in [0.15, 0.2) is 130 Å². The Balaban J connectivity index is 1.40. The van der Waals surface area contributed by atoms with Gasteiger partial charge in [-0.2, -0.15) is 0 Å². The zero-order chi connectivity index (χ0) is 28.1. The molecular formula is C38H20N2O2S. The minimum absolute atomic E-state index is 0.679. The zero-order valence-corrected chi connectivity index (χ0v) is 23.5. The average molecular weight is 569 g/mol. The van der Waals surface area contributed by atoms with E-state index in [1.54, 1.807) is 23.7 Å². The van der Waals surface area contributed by atoms with E-state index in [9.17, 15) is 0 Å². The first kappa shape index (κ1) is 23.1. The lowest BCUT2D eigenvalue weighted by molar-refractivity contribution is 0.670. The number of rotatable bonds is 2. The summed E-state index contributed by atoms with van der Waals surface area (Å²) in [4.78, 5) is 9.27. The van der Waals surface area contributed by atoms with Crippen molar-refractivity contribution >= 4 is 86.2 Å². The van der Waals surface area contributed by atoms with Gasteiger partial charge in [0.1, 0.15) is 22.3 Å². The van der Waals surface area contributed by atoms with Crippen LogP contribution in [-0.2, 0) is 0 Å². The van der Waals surface area contributed by atoms with E-state index in [-0.39, 0.29) is 0 Å². The molecule has 0 saturated carbocycles. The fourth-order valence-corrected chi connectivity index (χ4v) is 7.90. The fourth-order valence-electron chi connectivity index (χ4n) is 6.67. The van der Waals surface area contributed by atoms with Crippen molar-refractivity contribution < 1.29 is 8.83 Å². The molecule has 10 rings (SSSR count). The van der Waals surface area contributed by atoms with E-state index < -0.39 is 0 Å². The highest BCUT2D eigenvalue weighted by Gasteiger charge is 2.24. The predicted molar refractivity (Wildman–Crippen MR) is 178 cm³/mol. The minimum Gasteiger partial charge on any atom is -0.455 e. The van der Waals surface area contributed by atoms with Gasteiger partial charge in [0, 0.05) is 70.8 Å². The number of thiophene rings is 1. The third-order valence-electron chi connectivity index (χ3n) is 8.57. The van der Waals surface area contributed by atoms with Crippen molar-refractivity contribution in [3.05, 3.63) is 122 Å². The first-order valence-electron chi connectivity index (χ1n) is 14.2. The van der Waals surface area contributed by atoms with Crippen LogP contribution in [0.3, 0.4) is 0 Å². The van der Waals surface area contributed by atoms with Crippen molar-refractivity contribution in [2.24, 2.45) is 0 Å². The number of fused-ring (bicyclic) bond motifs is 11. The molecule has 0 saturated heterocycles. The first-order valence-corrected chi connectivity index (χ1v) is 15.0. The molecular weight excluding hydrogens is 548 g/mol. The van der Waals surface area contributed by atoms with Crippen LogP contribution in [0.5, 0.6) is 0 Å². The van der Waals surface area contributed by atoms with Crippen LogP contribution in [-0.4, -0.2) is 9.97 Å². The van der Waals surface area contributed by atoms with Gasteiger partial charge in [0.15, 0.2) is 5.82 Å². The largest absolute Gasteiger partial charge is 0.455 e. The number of aromatic nitrogens is 2. The van der Waals surface area contributed by atoms with Gasteiger partial charge in [-0.15, -0.1) is 11.3 Å². The molecule has 4 aromatic heterocycles. The number of furan rings is 2. The summed E-state index contributed by atoms with van der Waals surface area (Å²) >= 11 is 1.80. The second-order valence-electron chi connectivity index (χ2n) is 10.9. The van der Waals surface area contributed by atoms with E-state index in [2.05, 4.69) is 101 Å². The number of para-hydroxylation sites is 1. The number of benzene rings is 6. The second-order valence-corrected chi connectivity index (χ2v) is 12.0. The predicted octanol–water partition coefficient (Wildman–Crippen LogP) is 11.1. The normalized spacial score (nSPS) is 12.2. The number of hydrogen-bond donors (Lipinski definition) is 0. The third-order valence-corrected chi connectivity index (χ3v) is 9.78. The molecule has 6 aromatic carbocycles. The Labute approximate surface area is 248 Å². The molecule has 0 aliphatic heterocycles. The molecule has 0 fully saturated rings. The molecule has 0 unspecified atom stereocenters. The molecule has 10 aromatic rings. The molecule has 5 heteroatoms. The molecule has 0 spiro atoms. The standard InChI is InChI=1S/C38H20N2O2S/c1-2-9-22-19-31-29(18-21(22)8-1)33-26(38-39-16-7-17-40-38)15-14-24(35(33)42-31)28-20-27-23-10-3-5-12-30(23)41-36(27)34-25-11-4-6-13-32(25)43-37(28)34/h1-20H. The first-order chi connectivity index (χ1) is 21.3. The van der Waals surface area contributed by atoms with E-state index in [0.29, 0.717) is 5.82 Å². The maximum absolute atomic E-state index is 6.84. The summed E-state index contributed by atoms with van der Waals surface area (Å²) in [5.41, 5.74) is 6.63. The highest BCUT2D eigenvalue weighted by atomic mass is 32.1. The van der Waals surface area contributed by atoms with E-state index >= 15 is 0 Å². The Kier molecular flexibility index (Phi) is 4.57. The third kappa shape index (κ3) is 3.20. The summed E-state index contributed by atoms with van der Waals surface area (Å²) in [7, 11) is 0. The SMILES string of the molecule is c1cnc(-c2ccc(-c3cc4c5ccccc5oc4c4c3sc3ccccc34)c3oc4cc5ccccc5cc4c23)nc1. The zero-order valence-electron chi connectivity index (χ0n) is 22.7. The maximum Gasteiger partial charge on any atom is 0.159 e. The summed E-state index contributed by atoms with van der Waals surface area (Å²) in [5, 5.41) is 8.96. The van der Waals surface area contributed by atoms with Gasteiger partial charge < -0.3 is 8.83 Å². The second kappa shape index (κ2) is 8.51. The summed E-state index contributed by atoms with van der Waals surface area (Å²) in [6.45, 7) is 0. The number of nitrogens with zero attached hydrogens (tertiary/aromatic N) is 2. The van der Waals surface area contributed by atoms with Gasteiger partial charge in [0.25, 0.3) is 0 Å². The smallest absolute Gasteiger partial charge is 0.159 e. The number of hydrogen-bond acceptors (Lipinski definition) is 5. The Morgan fingerprint density at radius 3 is 2.09 bits per heavy atom. The monoisotopic (exact) mass is 568 g/mol. The van der Waals surface area contributed by atoms with Crippen molar-refractivity contribution in [2.45, 2.75) is 0 Å². The van der Waals surface area contributed by atoms with Crippen LogP contribution in [0.1, 0.15) is 0 Å². The molecule has 0 amide bonds. The Bertz CT molecular complexity index is 2730. The topological polar surface area (TPSA) is 52.1 Å². The highest BCUT2D eigenvalue weighted by Crippen LogP contribution is 2.49. The molecule has 4 heterocycles. The summed E-state index contributed by atoms with van der Waals surface area (Å²) in [6.07, 6.45) is 3.58. The molecule has 0 aliphatic carbocycles. The van der Waals surface area contributed by atoms with Crippen LogP contribution in [0.2, 0.25) is 0 Å². The molecule has 0 bridgehead atoms. The highest BCUT2D eigenvalue weighted by molar-refractivity contribution is 7.26. The molecule has 4 nitrogen and oxygen atoms in total. The Morgan fingerprint density at radius 1 is 0.488 bits per heavy atom. The van der Waals surface area contributed by atoms with Crippen LogP contribution in [0, 0.1) is 0 Å². The van der Waals surface area contributed by atoms with Crippen LogP contribution in [0.4, 0.5) is 0 Å². The van der Waals surface area contributed by atoms with Gasteiger partial charge in [-0.25, -0.2) is 9.97 Å². The lowest BCUT2D eigenvalue weighted by Gasteiger charge is -2.09. The lowest BCUT2D eigenvalue weighted by Crippen LogP contribution is -1.89. The van der Waals surface area contributed by atoms with Gasteiger partial charge in [-0.05, 0) is 59.3 Å². The van der Waals surface area contributed by atoms with Crippen molar-refractivity contribution in [2.75, 3.05) is 0 Å². The van der Waals surface area contributed by atoms with Crippen molar-refractivity contribution in [3.8, 4) is 22.5 Å². The van der Waals surface area contributed by atoms with E-state index in [0.717, 1.165) is 71.3 Å². The fraction of sp³-hybridized carbons (Fsp3) is 0. The summed E-state index contributed by atoms with van der Waals surface area (Å²) in [6, 6.07) is 38.1. The van der Waals surface area contributed by atoms with Gasteiger partial charge >= 0.3 is 0 Å². The van der Waals surface area contributed by atoms with Crippen LogP contribution < -0.4 is 0 Å². The molecule has 0 atom stereocenters. The van der Waals surface area contributed by atoms with Crippen molar-refractivity contribution in [3.63, 3.8) is 0 Å². The van der Waals surface area contributed by atoms with E-state index in [1.165, 1.54) is 20.2 Å². The van der Waals surface area contributed by atoms with Crippen molar-refractivity contribution in [1.82, 2.24) is 9.97 Å². The van der Waals surface area contributed by atoms with Crippen LogP contribution in [0.25, 0.3) is 97.3 Å². The molecule has 0 N–H and O–H groups in total. The minimum atomic E-state index is 0.679. The lowest BCUT2D eigenvalue weighted by atomic mass is 9.95. The van der Waals surface area contributed by atoms with Crippen molar-refractivity contribution in [1.29, 1.82) is 0 Å². The Morgan fingerprint density at radius 2 is 1.21 bits per heavy atom. The average Bonchev–Trinajstić information content (AvgIpc) is 3.74. The molecule has 200 valence electrons. The van der Waals surface area contributed by atoms with Gasteiger partial charge in [0.2, 0.25) is 0 Å². The molecule has 0 radical (unpaired) electrons.